The number of hydrazine groups is 1. The van der Waals surface area contributed by atoms with Gasteiger partial charge in [0.1, 0.15) is 0 Å². The summed E-state index contributed by atoms with van der Waals surface area (Å²) in [6.45, 7) is 6.01. The zero-order valence-corrected chi connectivity index (χ0v) is 7.25. The molecule has 0 saturated carbocycles. The van der Waals surface area contributed by atoms with E-state index in [9.17, 15) is 9.59 Å². The standard InChI is InChI=1S/C8H13N2O2/c1-3-9(7(2)11)10-6-4-5-8(10)12/h1,3-6H2,2H3. The Kier molecular flexibility index (Phi) is 2.68. The highest BCUT2D eigenvalue weighted by Gasteiger charge is 2.26. The monoisotopic (exact) mass is 169 g/mol. The maximum Gasteiger partial charge on any atom is 0.241 e. The lowest BCUT2D eigenvalue weighted by Gasteiger charge is -2.29. The van der Waals surface area contributed by atoms with Gasteiger partial charge in [0, 0.05) is 26.4 Å². The van der Waals surface area contributed by atoms with Gasteiger partial charge in [-0.1, -0.05) is 0 Å². The summed E-state index contributed by atoms with van der Waals surface area (Å²) >= 11 is 0. The van der Waals surface area contributed by atoms with E-state index in [0.29, 0.717) is 19.5 Å². The number of nitrogens with zero attached hydrogens (tertiary/aromatic N) is 2. The Labute approximate surface area is 72.1 Å². The van der Waals surface area contributed by atoms with Crippen LogP contribution >= 0.6 is 0 Å². The van der Waals surface area contributed by atoms with Crippen molar-refractivity contribution in [1.29, 1.82) is 0 Å². The molecule has 0 unspecified atom stereocenters. The molecular weight excluding hydrogens is 156 g/mol. The average Bonchev–Trinajstić information content (AvgIpc) is 2.38. The molecule has 1 heterocycles. The number of hydrogen-bond donors (Lipinski definition) is 0. The average molecular weight is 169 g/mol. The third-order valence-corrected chi connectivity index (χ3v) is 1.92. The maximum atomic E-state index is 11.2. The molecule has 0 aliphatic carbocycles. The molecule has 1 aliphatic heterocycles. The largest absolute Gasteiger partial charge is 0.273 e. The van der Waals surface area contributed by atoms with Crippen molar-refractivity contribution in [3.8, 4) is 0 Å². The molecule has 0 aromatic rings. The highest BCUT2D eigenvalue weighted by molar-refractivity contribution is 5.82. The summed E-state index contributed by atoms with van der Waals surface area (Å²) in [5.41, 5.74) is 0. The van der Waals surface area contributed by atoms with Gasteiger partial charge in [0.25, 0.3) is 0 Å². The first-order valence-electron chi connectivity index (χ1n) is 4.04. The van der Waals surface area contributed by atoms with Crippen molar-refractivity contribution in [2.24, 2.45) is 0 Å². The third-order valence-electron chi connectivity index (χ3n) is 1.92. The van der Waals surface area contributed by atoms with Crippen molar-refractivity contribution < 1.29 is 9.59 Å². The second kappa shape index (κ2) is 3.56. The first-order valence-corrected chi connectivity index (χ1v) is 4.04. The molecule has 0 aromatic carbocycles. The predicted molar refractivity (Wildman–Crippen MR) is 43.7 cm³/mol. The van der Waals surface area contributed by atoms with Crippen molar-refractivity contribution in [3.05, 3.63) is 6.92 Å². The van der Waals surface area contributed by atoms with Gasteiger partial charge in [-0.05, 0) is 13.3 Å². The molecule has 0 N–H and O–H groups in total. The van der Waals surface area contributed by atoms with E-state index in [1.54, 1.807) is 0 Å². The lowest BCUT2D eigenvalue weighted by Crippen LogP contribution is -2.46. The van der Waals surface area contributed by atoms with E-state index >= 15 is 0 Å². The Morgan fingerprint density at radius 3 is 2.75 bits per heavy atom. The number of rotatable bonds is 2. The molecule has 2 amide bonds. The van der Waals surface area contributed by atoms with Gasteiger partial charge >= 0.3 is 0 Å². The minimum Gasteiger partial charge on any atom is -0.273 e. The van der Waals surface area contributed by atoms with Gasteiger partial charge < -0.3 is 0 Å². The predicted octanol–water partition coefficient (Wildman–Crippen LogP) is 0.206. The van der Waals surface area contributed by atoms with Gasteiger partial charge in [-0.25, -0.2) is 0 Å². The Morgan fingerprint density at radius 1 is 1.75 bits per heavy atom. The smallest absolute Gasteiger partial charge is 0.241 e. The molecule has 67 valence electrons. The van der Waals surface area contributed by atoms with Crippen LogP contribution < -0.4 is 0 Å². The maximum absolute atomic E-state index is 11.2. The highest BCUT2D eigenvalue weighted by atomic mass is 16.2. The third kappa shape index (κ3) is 1.57. The number of carbonyl (C=O) groups excluding carboxylic acids is 2. The van der Waals surface area contributed by atoms with E-state index in [1.165, 1.54) is 16.9 Å². The molecule has 1 aliphatic rings. The fourth-order valence-electron chi connectivity index (χ4n) is 1.34. The summed E-state index contributed by atoms with van der Waals surface area (Å²) in [6.07, 6.45) is 1.38. The van der Waals surface area contributed by atoms with E-state index in [1.807, 2.05) is 0 Å². The van der Waals surface area contributed by atoms with Crippen LogP contribution in [0, 0.1) is 6.92 Å². The molecule has 1 rings (SSSR count). The van der Waals surface area contributed by atoms with Crippen molar-refractivity contribution in [3.63, 3.8) is 0 Å². The molecule has 4 nitrogen and oxygen atoms in total. The van der Waals surface area contributed by atoms with E-state index in [-0.39, 0.29) is 11.8 Å². The second-order valence-corrected chi connectivity index (χ2v) is 2.76. The fraction of sp³-hybridized carbons (Fsp3) is 0.625. The molecule has 0 aromatic heterocycles. The minimum atomic E-state index is -0.125. The van der Waals surface area contributed by atoms with Crippen LogP contribution in [0.15, 0.2) is 0 Å². The van der Waals surface area contributed by atoms with Crippen LogP contribution in [0.3, 0.4) is 0 Å². The van der Waals surface area contributed by atoms with Crippen molar-refractivity contribution in [2.75, 3.05) is 13.1 Å². The molecule has 0 spiro atoms. The van der Waals surface area contributed by atoms with Crippen LogP contribution in [0.1, 0.15) is 19.8 Å². The topological polar surface area (TPSA) is 40.6 Å². The SMILES string of the molecule is [CH2]CN(C(C)=O)N1CCCC1=O. The first-order chi connectivity index (χ1) is 5.66. The minimum absolute atomic E-state index is 0.0221. The molecule has 1 radical (unpaired) electrons. The summed E-state index contributed by atoms with van der Waals surface area (Å²) < 4.78 is 0. The summed E-state index contributed by atoms with van der Waals surface area (Å²) in [5.74, 6) is -0.103. The second-order valence-electron chi connectivity index (χ2n) is 2.76. The van der Waals surface area contributed by atoms with Gasteiger partial charge in [-0.3, -0.25) is 19.6 Å². The number of hydrogen-bond acceptors (Lipinski definition) is 2. The quantitative estimate of drug-likeness (QED) is 0.592. The van der Waals surface area contributed by atoms with Crippen LogP contribution in [-0.4, -0.2) is 34.9 Å². The van der Waals surface area contributed by atoms with Crippen molar-refractivity contribution in [1.82, 2.24) is 10.0 Å². The summed E-state index contributed by atoms with van der Waals surface area (Å²) in [5, 5.41) is 2.87. The number of amides is 2. The molecular formula is C8H13N2O2. The Hall–Kier alpha value is -1.06. The lowest BCUT2D eigenvalue weighted by molar-refractivity contribution is -0.157. The molecule has 4 heteroatoms. The van der Waals surface area contributed by atoms with Gasteiger partial charge in [-0.15, -0.1) is 0 Å². The first kappa shape index (κ1) is 9.03. The van der Waals surface area contributed by atoms with Crippen LogP contribution in [0.25, 0.3) is 0 Å². The van der Waals surface area contributed by atoms with Crippen molar-refractivity contribution >= 4 is 11.8 Å². The Bertz CT molecular complexity index is 203. The molecule has 1 fully saturated rings. The lowest BCUT2D eigenvalue weighted by atomic mass is 10.4. The van der Waals surface area contributed by atoms with Gasteiger partial charge in [0.15, 0.2) is 0 Å². The number of carbonyl (C=O) groups is 2. The molecule has 1 saturated heterocycles. The molecule has 0 atom stereocenters. The van der Waals surface area contributed by atoms with E-state index in [2.05, 4.69) is 6.92 Å². The van der Waals surface area contributed by atoms with Crippen LogP contribution in [0.5, 0.6) is 0 Å². The van der Waals surface area contributed by atoms with Crippen LogP contribution in [0.2, 0.25) is 0 Å². The zero-order chi connectivity index (χ0) is 9.14. The normalized spacial score (nSPS) is 16.8. The summed E-state index contributed by atoms with van der Waals surface area (Å²) in [6, 6.07) is 0. The Balaban J connectivity index is 2.65. The van der Waals surface area contributed by atoms with Gasteiger partial charge in [0.05, 0.1) is 0 Å². The van der Waals surface area contributed by atoms with E-state index in [0.717, 1.165) is 6.42 Å². The van der Waals surface area contributed by atoms with Crippen LogP contribution in [0.4, 0.5) is 0 Å². The van der Waals surface area contributed by atoms with E-state index < -0.39 is 0 Å². The molecule has 0 bridgehead atoms. The van der Waals surface area contributed by atoms with E-state index in [4.69, 9.17) is 0 Å². The fourth-order valence-corrected chi connectivity index (χ4v) is 1.34. The van der Waals surface area contributed by atoms with Crippen molar-refractivity contribution in [2.45, 2.75) is 19.8 Å². The highest BCUT2D eigenvalue weighted by Crippen LogP contribution is 2.12. The zero-order valence-electron chi connectivity index (χ0n) is 7.25. The Morgan fingerprint density at radius 2 is 2.42 bits per heavy atom. The molecule has 12 heavy (non-hydrogen) atoms. The van der Waals surface area contributed by atoms with Gasteiger partial charge in [-0.2, -0.15) is 0 Å². The summed E-state index contributed by atoms with van der Waals surface area (Å²) in [7, 11) is 0. The van der Waals surface area contributed by atoms with Gasteiger partial charge in [0.2, 0.25) is 11.8 Å². The van der Waals surface area contributed by atoms with Crippen LogP contribution in [-0.2, 0) is 9.59 Å². The summed E-state index contributed by atoms with van der Waals surface area (Å²) in [4.78, 5) is 22.2.